The van der Waals surface area contributed by atoms with Crippen LogP contribution in [0.1, 0.15) is 124 Å². The first-order valence-corrected chi connectivity index (χ1v) is 17.9. The summed E-state index contributed by atoms with van der Waals surface area (Å²) >= 11 is 0. The van der Waals surface area contributed by atoms with E-state index in [-0.39, 0.29) is 18.5 Å². The summed E-state index contributed by atoms with van der Waals surface area (Å²) in [6, 6.07) is 0. The molecule has 0 heterocycles. The zero-order chi connectivity index (χ0) is 34.3. The van der Waals surface area contributed by atoms with Crippen LogP contribution in [0.4, 0.5) is 0 Å². The van der Waals surface area contributed by atoms with Crippen LogP contribution in [0.15, 0.2) is 122 Å². The van der Waals surface area contributed by atoms with Crippen LogP contribution in [-0.2, 0) is 19.1 Å². The second-order valence-electron chi connectivity index (χ2n) is 11.2. The van der Waals surface area contributed by atoms with Gasteiger partial charge in [0.1, 0.15) is 12.7 Å². The smallest absolute Gasteiger partial charge is 0.306 e. The lowest BCUT2D eigenvalue weighted by atomic mass is 10.2. The molecule has 0 radical (unpaired) electrons. The van der Waals surface area contributed by atoms with Crippen LogP contribution >= 0.6 is 0 Å². The van der Waals surface area contributed by atoms with Gasteiger partial charge in [0.25, 0.3) is 0 Å². The van der Waals surface area contributed by atoms with Crippen molar-refractivity contribution >= 4 is 11.9 Å². The molecular formula is C43H64O4. The summed E-state index contributed by atoms with van der Waals surface area (Å²) in [7, 11) is 0. The van der Waals surface area contributed by atoms with Crippen LogP contribution < -0.4 is 0 Å². The Balaban J connectivity index is 3.72. The fraction of sp³-hybridized carbons (Fsp3) is 0.488. The van der Waals surface area contributed by atoms with E-state index in [9.17, 15) is 9.59 Å². The fourth-order valence-electron chi connectivity index (χ4n) is 4.07. The van der Waals surface area contributed by atoms with Crippen LogP contribution in [0, 0.1) is 0 Å². The Morgan fingerprint density at radius 2 is 0.745 bits per heavy atom. The number of unbranched alkanes of at least 4 members (excludes halogenated alkanes) is 2. The normalized spacial score (nSPS) is 13.7. The van der Waals surface area contributed by atoms with Crippen molar-refractivity contribution in [1.29, 1.82) is 0 Å². The average Bonchev–Trinajstić information content (AvgIpc) is 3.06. The Bertz CT molecular complexity index is 1050. The monoisotopic (exact) mass is 644 g/mol. The molecule has 1 atom stereocenters. The van der Waals surface area contributed by atoms with Gasteiger partial charge in [-0.25, -0.2) is 0 Å². The third kappa shape index (κ3) is 36.7. The van der Waals surface area contributed by atoms with E-state index in [4.69, 9.17) is 9.47 Å². The molecule has 0 saturated heterocycles. The number of esters is 2. The van der Waals surface area contributed by atoms with Crippen molar-refractivity contribution < 1.29 is 19.1 Å². The number of ether oxygens (including phenoxy) is 2. The van der Waals surface area contributed by atoms with Crippen LogP contribution in [0.3, 0.4) is 0 Å². The van der Waals surface area contributed by atoms with Crippen molar-refractivity contribution in [3.8, 4) is 0 Å². The average molecular weight is 645 g/mol. The molecule has 0 aromatic rings. The second kappa shape index (κ2) is 36.8. The first-order chi connectivity index (χ1) is 23.1. The minimum Gasteiger partial charge on any atom is -0.462 e. The van der Waals surface area contributed by atoms with Gasteiger partial charge in [-0.15, -0.1) is 0 Å². The molecule has 0 amide bonds. The number of carbonyl (C=O) groups is 2. The summed E-state index contributed by atoms with van der Waals surface area (Å²) in [6.07, 6.45) is 56.8. The third-order valence-corrected chi connectivity index (χ3v) is 6.63. The van der Waals surface area contributed by atoms with E-state index >= 15 is 0 Å². The number of carbonyl (C=O) groups excluding carboxylic acids is 2. The van der Waals surface area contributed by atoms with Crippen LogP contribution in [0.2, 0.25) is 0 Å². The van der Waals surface area contributed by atoms with Crippen molar-refractivity contribution in [2.75, 3.05) is 6.61 Å². The van der Waals surface area contributed by atoms with Gasteiger partial charge >= 0.3 is 11.9 Å². The summed E-state index contributed by atoms with van der Waals surface area (Å²) in [4.78, 5) is 24.1. The number of hydrogen-bond acceptors (Lipinski definition) is 4. The Labute approximate surface area is 288 Å². The van der Waals surface area contributed by atoms with Gasteiger partial charge in [-0.05, 0) is 96.8 Å². The highest BCUT2D eigenvalue weighted by molar-refractivity contribution is 5.70. The van der Waals surface area contributed by atoms with E-state index in [0.717, 1.165) is 89.9 Å². The summed E-state index contributed by atoms with van der Waals surface area (Å²) in [5, 5.41) is 0. The molecule has 0 fully saturated rings. The van der Waals surface area contributed by atoms with Crippen LogP contribution in [-0.4, -0.2) is 24.6 Å². The van der Waals surface area contributed by atoms with E-state index in [1.165, 1.54) is 0 Å². The summed E-state index contributed by atoms with van der Waals surface area (Å²) in [5.74, 6) is -0.502. The maximum atomic E-state index is 12.1. The molecule has 0 aliphatic rings. The maximum Gasteiger partial charge on any atom is 0.306 e. The molecular weight excluding hydrogens is 580 g/mol. The SMILES string of the molecule is CCC=CCC=CCC=CCC=CCC=CCCCC(=O)OCC(C)OC(=O)CCCC=CCC=CCC=CCC=CCC=CCC. The van der Waals surface area contributed by atoms with Gasteiger partial charge in [-0.1, -0.05) is 135 Å². The zero-order valence-corrected chi connectivity index (χ0v) is 29.8. The third-order valence-electron chi connectivity index (χ3n) is 6.63. The zero-order valence-electron chi connectivity index (χ0n) is 29.8. The van der Waals surface area contributed by atoms with Gasteiger partial charge in [0, 0.05) is 12.8 Å². The van der Waals surface area contributed by atoms with E-state index in [1.54, 1.807) is 6.92 Å². The predicted molar refractivity (Wildman–Crippen MR) is 203 cm³/mol. The Morgan fingerprint density at radius 1 is 0.447 bits per heavy atom. The van der Waals surface area contributed by atoms with Crippen molar-refractivity contribution in [3.63, 3.8) is 0 Å². The van der Waals surface area contributed by atoms with Gasteiger partial charge in [-0.3, -0.25) is 9.59 Å². The maximum absolute atomic E-state index is 12.1. The highest BCUT2D eigenvalue weighted by Gasteiger charge is 2.11. The van der Waals surface area contributed by atoms with Crippen molar-refractivity contribution in [3.05, 3.63) is 122 Å². The molecule has 0 bridgehead atoms. The van der Waals surface area contributed by atoms with Crippen molar-refractivity contribution in [2.45, 2.75) is 130 Å². The molecule has 0 aliphatic heterocycles. The molecule has 1 unspecified atom stereocenters. The van der Waals surface area contributed by atoms with E-state index in [1.807, 2.05) is 0 Å². The van der Waals surface area contributed by atoms with E-state index in [0.29, 0.717) is 12.8 Å². The first kappa shape index (κ1) is 43.3. The molecule has 4 heteroatoms. The van der Waals surface area contributed by atoms with Gasteiger partial charge in [0.05, 0.1) is 0 Å². The first-order valence-electron chi connectivity index (χ1n) is 17.9. The van der Waals surface area contributed by atoms with Gasteiger partial charge in [0.2, 0.25) is 0 Å². The predicted octanol–water partition coefficient (Wildman–Crippen LogP) is 12.3. The van der Waals surface area contributed by atoms with Crippen LogP contribution in [0.25, 0.3) is 0 Å². The second-order valence-corrected chi connectivity index (χ2v) is 11.2. The standard InChI is InChI=1S/C43H64O4/c1-4-6-8-10-12-14-16-18-20-22-24-26-28-30-32-34-36-38-42(44)46-40-41(3)47-43(45)39-37-35-33-31-29-27-25-23-21-19-17-15-13-11-9-7-5-2/h6-9,12-15,18-21,24-27,30-33,41H,4-5,10-11,16-17,22-23,28-29,34-40H2,1-3H3. The molecule has 0 spiro atoms. The van der Waals surface area contributed by atoms with Gasteiger partial charge in [0.15, 0.2) is 0 Å². The fourth-order valence-corrected chi connectivity index (χ4v) is 4.07. The molecule has 0 rings (SSSR count). The molecule has 0 aliphatic carbocycles. The van der Waals surface area contributed by atoms with E-state index in [2.05, 4.69) is 135 Å². The summed E-state index contributed by atoms with van der Waals surface area (Å²) < 4.78 is 10.7. The quantitative estimate of drug-likeness (QED) is 0.0462. The topological polar surface area (TPSA) is 52.6 Å². The molecule has 4 nitrogen and oxygen atoms in total. The Hall–Kier alpha value is -3.66. The lowest BCUT2D eigenvalue weighted by molar-refractivity contribution is -0.158. The lowest BCUT2D eigenvalue weighted by Gasteiger charge is -2.13. The molecule has 0 N–H and O–H groups in total. The van der Waals surface area contributed by atoms with Gasteiger partial charge in [-0.2, -0.15) is 0 Å². The number of allylic oxidation sites excluding steroid dienone is 20. The molecule has 0 aromatic carbocycles. The molecule has 47 heavy (non-hydrogen) atoms. The molecule has 260 valence electrons. The molecule has 0 aromatic heterocycles. The van der Waals surface area contributed by atoms with Crippen LogP contribution in [0.5, 0.6) is 0 Å². The summed E-state index contributed by atoms with van der Waals surface area (Å²) in [6.45, 7) is 6.15. The van der Waals surface area contributed by atoms with E-state index < -0.39 is 6.10 Å². The lowest BCUT2D eigenvalue weighted by Crippen LogP contribution is -2.22. The molecule has 0 saturated carbocycles. The highest BCUT2D eigenvalue weighted by atomic mass is 16.6. The number of hydrogen-bond donors (Lipinski definition) is 0. The van der Waals surface area contributed by atoms with Gasteiger partial charge < -0.3 is 9.47 Å². The summed E-state index contributed by atoms with van der Waals surface area (Å²) in [5.41, 5.74) is 0. The minimum absolute atomic E-state index is 0.0982. The number of rotatable bonds is 29. The van der Waals surface area contributed by atoms with Crippen molar-refractivity contribution in [1.82, 2.24) is 0 Å². The van der Waals surface area contributed by atoms with Crippen molar-refractivity contribution in [2.24, 2.45) is 0 Å². The largest absolute Gasteiger partial charge is 0.462 e. The minimum atomic E-state index is -0.439. The Kier molecular flexibility index (Phi) is 33.9. The highest BCUT2D eigenvalue weighted by Crippen LogP contribution is 2.05. The Morgan fingerprint density at radius 3 is 1.09 bits per heavy atom.